The van der Waals surface area contributed by atoms with Crippen LogP contribution in [0.25, 0.3) is 0 Å². The summed E-state index contributed by atoms with van der Waals surface area (Å²) >= 11 is 0. The number of rotatable bonds is 3. The number of hydrazine groups is 1. The Morgan fingerprint density at radius 2 is 2.05 bits per heavy atom. The maximum Gasteiger partial charge on any atom is 0.253 e. The van der Waals surface area contributed by atoms with Crippen LogP contribution in [0.2, 0.25) is 0 Å². The number of halogens is 2. The fourth-order valence-corrected chi connectivity index (χ4v) is 2.60. The highest BCUT2D eigenvalue weighted by molar-refractivity contribution is 5.39. The van der Waals surface area contributed by atoms with Gasteiger partial charge >= 0.3 is 0 Å². The minimum atomic E-state index is -0.855. The fourth-order valence-electron chi connectivity index (χ4n) is 2.60. The van der Waals surface area contributed by atoms with Gasteiger partial charge in [-0.1, -0.05) is 24.3 Å². The third-order valence-electron chi connectivity index (χ3n) is 3.60. The molecule has 110 valence electrons. The molecular weight excluding hydrogens is 276 g/mol. The minimum absolute atomic E-state index is 0.240. The zero-order valence-corrected chi connectivity index (χ0v) is 11.3. The van der Waals surface area contributed by atoms with Gasteiger partial charge in [-0.25, -0.2) is 14.6 Å². The number of hydrogen-bond donors (Lipinski definition) is 2. The van der Waals surface area contributed by atoms with Crippen LogP contribution in [0.4, 0.5) is 14.6 Å². The Labute approximate surface area is 120 Å². The maximum absolute atomic E-state index is 13.8. The van der Waals surface area contributed by atoms with Crippen LogP contribution < -0.4 is 16.0 Å². The molecule has 6 heteroatoms. The monoisotopic (exact) mass is 291 g/mol. The zero-order chi connectivity index (χ0) is 14.8. The lowest BCUT2D eigenvalue weighted by Gasteiger charge is -2.26. The molecule has 0 fully saturated rings. The second kappa shape index (κ2) is 5.65. The molecule has 0 amide bonds. The zero-order valence-electron chi connectivity index (χ0n) is 11.3. The molecule has 0 saturated carbocycles. The van der Waals surface area contributed by atoms with E-state index in [1.807, 2.05) is 24.3 Å². The van der Waals surface area contributed by atoms with E-state index in [2.05, 4.69) is 10.4 Å². The highest BCUT2D eigenvalue weighted by Gasteiger charge is 2.23. The van der Waals surface area contributed by atoms with Crippen LogP contribution in [-0.2, 0) is 6.42 Å². The molecule has 0 radical (unpaired) electrons. The lowest BCUT2D eigenvalue weighted by molar-refractivity contribution is 0.167. The highest BCUT2D eigenvalue weighted by atomic mass is 19.1. The van der Waals surface area contributed by atoms with E-state index in [0.717, 1.165) is 24.8 Å². The number of benzene rings is 1. The van der Waals surface area contributed by atoms with E-state index < -0.39 is 11.6 Å². The molecule has 1 unspecified atom stereocenters. The molecule has 2 aromatic rings. The molecule has 0 saturated heterocycles. The Balaban J connectivity index is 1.91. The van der Waals surface area contributed by atoms with E-state index in [-0.39, 0.29) is 17.8 Å². The third-order valence-corrected chi connectivity index (χ3v) is 3.60. The molecule has 0 spiro atoms. The molecular formula is C15H15F2N3O. The average Bonchev–Trinajstić information content (AvgIpc) is 2.50. The number of aryl methyl sites for hydroxylation is 1. The van der Waals surface area contributed by atoms with E-state index >= 15 is 0 Å². The van der Waals surface area contributed by atoms with E-state index in [1.54, 1.807) is 0 Å². The van der Waals surface area contributed by atoms with Crippen LogP contribution in [-0.4, -0.2) is 4.98 Å². The first-order valence-corrected chi connectivity index (χ1v) is 6.76. The Hall–Kier alpha value is -2.21. The standard InChI is InChI=1S/C15H15F2N3O/c16-11-8-12(17)15(19-14(11)20-18)21-13-7-3-5-9-4-1-2-6-10(9)13/h1-2,4,6,8,13H,3,5,7,18H2,(H,19,20). The van der Waals surface area contributed by atoms with E-state index in [9.17, 15) is 8.78 Å². The number of nitrogens with two attached hydrogens (primary N) is 1. The predicted octanol–water partition coefficient (Wildman–Crippen LogP) is 3.10. The summed E-state index contributed by atoms with van der Waals surface area (Å²) in [7, 11) is 0. The number of ether oxygens (including phenoxy) is 1. The van der Waals surface area contributed by atoms with Crippen molar-refractivity contribution < 1.29 is 13.5 Å². The number of nitrogens with zero attached hydrogens (tertiary/aromatic N) is 1. The number of aromatic nitrogens is 1. The van der Waals surface area contributed by atoms with Gasteiger partial charge in [-0.05, 0) is 30.4 Å². The van der Waals surface area contributed by atoms with Gasteiger partial charge < -0.3 is 10.2 Å². The Bertz CT molecular complexity index is 663. The summed E-state index contributed by atoms with van der Waals surface area (Å²) in [5.41, 5.74) is 4.30. The molecule has 4 nitrogen and oxygen atoms in total. The summed E-state index contributed by atoms with van der Waals surface area (Å²) in [6, 6.07) is 8.59. The molecule has 1 heterocycles. The molecule has 1 aliphatic carbocycles. The van der Waals surface area contributed by atoms with Gasteiger partial charge in [0.2, 0.25) is 0 Å². The molecule has 21 heavy (non-hydrogen) atoms. The van der Waals surface area contributed by atoms with Crippen LogP contribution in [0.3, 0.4) is 0 Å². The van der Waals surface area contributed by atoms with E-state index in [4.69, 9.17) is 10.6 Å². The highest BCUT2D eigenvalue weighted by Crippen LogP contribution is 2.34. The average molecular weight is 291 g/mol. The second-order valence-corrected chi connectivity index (χ2v) is 4.95. The third kappa shape index (κ3) is 2.67. The first-order valence-electron chi connectivity index (χ1n) is 6.76. The number of pyridine rings is 1. The van der Waals surface area contributed by atoms with Crippen molar-refractivity contribution in [1.82, 2.24) is 4.98 Å². The van der Waals surface area contributed by atoms with Crippen molar-refractivity contribution in [2.75, 3.05) is 5.43 Å². The molecule has 1 atom stereocenters. The number of nitrogen functional groups attached to an aromatic ring is 1. The smallest absolute Gasteiger partial charge is 0.253 e. The van der Waals surface area contributed by atoms with Gasteiger partial charge in [0.25, 0.3) is 5.88 Å². The molecule has 0 bridgehead atoms. The van der Waals surface area contributed by atoms with E-state index in [1.165, 1.54) is 5.56 Å². The Kier molecular flexibility index (Phi) is 3.70. The molecule has 3 N–H and O–H groups in total. The first-order chi connectivity index (χ1) is 10.2. The van der Waals surface area contributed by atoms with Crippen LogP contribution in [0.15, 0.2) is 30.3 Å². The van der Waals surface area contributed by atoms with E-state index in [0.29, 0.717) is 6.07 Å². The van der Waals surface area contributed by atoms with Gasteiger partial charge in [0.1, 0.15) is 6.10 Å². The normalized spacial score (nSPS) is 17.2. The van der Waals surface area contributed by atoms with Crippen molar-refractivity contribution in [2.45, 2.75) is 25.4 Å². The number of nitrogens with one attached hydrogen (secondary N) is 1. The Morgan fingerprint density at radius 1 is 1.24 bits per heavy atom. The molecule has 0 aliphatic heterocycles. The number of anilines is 1. The molecule has 1 aromatic carbocycles. The summed E-state index contributed by atoms with van der Waals surface area (Å²) in [6.07, 6.45) is 2.41. The van der Waals surface area contributed by atoms with Crippen molar-refractivity contribution in [3.05, 3.63) is 53.1 Å². The van der Waals surface area contributed by atoms with Gasteiger partial charge in [-0.3, -0.25) is 0 Å². The number of fused-ring (bicyclic) bond motifs is 1. The van der Waals surface area contributed by atoms with Crippen LogP contribution in [0, 0.1) is 11.6 Å². The molecule has 1 aromatic heterocycles. The van der Waals surface area contributed by atoms with Gasteiger partial charge in [0.05, 0.1) is 0 Å². The summed E-state index contributed by atoms with van der Waals surface area (Å²) in [5, 5.41) is 0. The Morgan fingerprint density at radius 3 is 2.86 bits per heavy atom. The summed E-state index contributed by atoms with van der Waals surface area (Å²) in [5.74, 6) is 2.97. The summed E-state index contributed by atoms with van der Waals surface area (Å²) in [4.78, 5) is 3.75. The number of hydrogen-bond acceptors (Lipinski definition) is 4. The quantitative estimate of drug-likeness (QED) is 0.674. The lowest BCUT2D eigenvalue weighted by Crippen LogP contribution is -2.17. The van der Waals surface area contributed by atoms with Crippen molar-refractivity contribution in [3.63, 3.8) is 0 Å². The lowest BCUT2D eigenvalue weighted by atomic mass is 9.89. The first kappa shape index (κ1) is 13.8. The molecule has 1 aliphatic rings. The minimum Gasteiger partial charge on any atom is -0.467 e. The van der Waals surface area contributed by atoms with Crippen LogP contribution >= 0.6 is 0 Å². The fraction of sp³-hybridized carbons (Fsp3) is 0.267. The SMILES string of the molecule is NNc1nc(OC2CCCc3ccccc32)c(F)cc1F. The van der Waals surface area contributed by atoms with Gasteiger partial charge in [-0.15, -0.1) is 0 Å². The summed E-state index contributed by atoms with van der Waals surface area (Å²) < 4.78 is 32.8. The van der Waals surface area contributed by atoms with Crippen LogP contribution in [0.5, 0.6) is 5.88 Å². The van der Waals surface area contributed by atoms with Gasteiger partial charge in [0.15, 0.2) is 17.5 Å². The van der Waals surface area contributed by atoms with Crippen LogP contribution in [0.1, 0.15) is 30.1 Å². The second-order valence-electron chi connectivity index (χ2n) is 4.95. The van der Waals surface area contributed by atoms with Gasteiger partial charge in [0, 0.05) is 6.07 Å². The van der Waals surface area contributed by atoms with Gasteiger partial charge in [-0.2, -0.15) is 4.98 Å². The van der Waals surface area contributed by atoms with Crippen molar-refractivity contribution in [3.8, 4) is 5.88 Å². The maximum atomic E-state index is 13.8. The predicted molar refractivity (Wildman–Crippen MR) is 74.7 cm³/mol. The summed E-state index contributed by atoms with van der Waals surface area (Å²) in [6.45, 7) is 0. The van der Waals surface area contributed by atoms with Crippen molar-refractivity contribution in [2.24, 2.45) is 5.84 Å². The van der Waals surface area contributed by atoms with Crippen molar-refractivity contribution >= 4 is 5.82 Å². The molecule has 3 rings (SSSR count). The van der Waals surface area contributed by atoms with Crippen molar-refractivity contribution in [1.29, 1.82) is 0 Å². The largest absolute Gasteiger partial charge is 0.467 e. The topological polar surface area (TPSA) is 60.2 Å².